The van der Waals surface area contributed by atoms with Gasteiger partial charge in [0, 0.05) is 0 Å². The van der Waals surface area contributed by atoms with E-state index in [0.29, 0.717) is 17.2 Å². The van der Waals surface area contributed by atoms with E-state index in [4.69, 9.17) is 9.15 Å². The quantitative estimate of drug-likeness (QED) is 0.679. The molecule has 0 saturated heterocycles. The lowest BCUT2D eigenvalue weighted by atomic mass is 10.1. The van der Waals surface area contributed by atoms with Crippen molar-refractivity contribution in [2.24, 2.45) is 5.10 Å². The number of ether oxygens (including phenoxy) is 1. The van der Waals surface area contributed by atoms with Crippen LogP contribution in [0.1, 0.15) is 23.8 Å². The van der Waals surface area contributed by atoms with Crippen molar-refractivity contribution in [2.45, 2.75) is 20.8 Å². The minimum Gasteiger partial charge on any atom is -0.483 e. The highest BCUT2D eigenvalue weighted by molar-refractivity contribution is 5.96. The van der Waals surface area contributed by atoms with E-state index in [0.717, 1.165) is 11.1 Å². The number of hydrogen-bond acceptors (Lipinski definition) is 4. The maximum absolute atomic E-state index is 11.7. The number of nitrogens with zero attached hydrogens (tertiary/aromatic N) is 1. The molecule has 21 heavy (non-hydrogen) atoms. The summed E-state index contributed by atoms with van der Waals surface area (Å²) in [6.07, 6.45) is 1.56. The second kappa shape index (κ2) is 6.74. The Morgan fingerprint density at radius 1 is 1.29 bits per heavy atom. The van der Waals surface area contributed by atoms with E-state index in [-0.39, 0.29) is 12.5 Å². The molecule has 1 aromatic carbocycles. The SMILES string of the molecule is C/C(=N/NC(=O)COc1cccc(C)c1C)c1ccco1. The van der Waals surface area contributed by atoms with Crippen LogP contribution in [0.5, 0.6) is 5.75 Å². The van der Waals surface area contributed by atoms with Gasteiger partial charge in [0.1, 0.15) is 17.2 Å². The van der Waals surface area contributed by atoms with Crippen LogP contribution in [0.2, 0.25) is 0 Å². The van der Waals surface area contributed by atoms with Gasteiger partial charge in [-0.3, -0.25) is 4.79 Å². The first-order chi connectivity index (χ1) is 10.1. The molecule has 0 radical (unpaired) electrons. The molecule has 1 aromatic heterocycles. The Morgan fingerprint density at radius 2 is 2.10 bits per heavy atom. The molecule has 2 aromatic rings. The summed E-state index contributed by atoms with van der Waals surface area (Å²) in [6, 6.07) is 9.28. The summed E-state index contributed by atoms with van der Waals surface area (Å²) in [7, 11) is 0. The van der Waals surface area contributed by atoms with Crippen LogP contribution in [0.25, 0.3) is 0 Å². The lowest BCUT2D eigenvalue weighted by Gasteiger charge is -2.09. The van der Waals surface area contributed by atoms with E-state index in [1.165, 1.54) is 0 Å². The van der Waals surface area contributed by atoms with Gasteiger partial charge in [0.05, 0.1) is 6.26 Å². The number of nitrogens with one attached hydrogen (secondary N) is 1. The van der Waals surface area contributed by atoms with Crippen LogP contribution in [0.3, 0.4) is 0 Å². The first kappa shape index (κ1) is 14.8. The van der Waals surface area contributed by atoms with Crippen LogP contribution < -0.4 is 10.2 Å². The van der Waals surface area contributed by atoms with Gasteiger partial charge >= 0.3 is 0 Å². The molecule has 0 saturated carbocycles. The van der Waals surface area contributed by atoms with Gasteiger partial charge in [-0.2, -0.15) is 5.10 Å². The summed E-state index contributed by atoms with van der Waals surface area (Å²) in [5.74, 6) is 1.00. The van der Waals surface area contributed by atoms with Crippen molar-refractivity contribution < 1.29 is 13.9 Å². The molecular formula is C16H18N2O3. The molecule has 110 valence electrons. The third kappa shape index (κ3) is 3.95. The second-order valence-electron chi connectivity index (χ2n) is 4.70. The minimum atomic E-state index is -0.318. The van der Waals surface area contributed by atoms with E-state index in [1.807, 2.05) is 32.0 Å². The summed E-state index contributed by atoms with van der Waals surface area (Å²) < 4.78 is 10.7. The second-order valence-corrected chi connectivity index (χ2v) is 4.70. The molecule has 0 bridgehead atoms. The van der Waals surface area contributed by atoms with Gasteiger partial charge in [0.15, 0.2) is 6.61 Å². The van der Waals surface area contributed by atoms with E-state index in [9.17, 15) is 4.79 Å². The van der Waals surface area contributed by atoms with Crippen molar-refractivity contribution >= 4 is 11.6 Å². The van der Waals surface area contributed by atoms with E-state index in [2.05, 4.69) is 10.5 Å². The molecular weight excluding hydrogens is 268 g/mol. The first-order valence-electron chi connectivity index (χ1n) is 6.64. The molecule has 0 aliphatic rings. The van der Waals surface area contributed by atoms with Gasteiger partial charge in [-0.05, 0) is 50.1 Å². The standard InChI is InChI=1S/C16H18N2O3/c1-11-6-4-7-14(12(11)2)21-10-16(19)18-17-13(3)15-8-5-9-20-15/h4-9H,10H2,1-3H3,(H,18,19)/b17-13-. The van der Waals surface area contributed by atoms with E-state index < -0.39 is 0 Å². The molecule has 0 spiro atoms. The van der Waals surface area contributed by atoms with Crippen LogP contribution in [0.15, 0.2) is 46.1 Å². The number of amides is 1. The Balaban J connectivity index is 1.88. The Bertz CT molecular complexity index is 646. The van der Waals surface area contributed by atoms with Gasteiger partial charge in [-0.15, -0.1) is 0 Å². The highest BCUT2D eigenvalue weighted by atomic mass is 16.5. The minimum absolute atomic E-state index is 0.0841. The average molecular weight is 286 g/mol. The molecule has 1 heterocycles. The fourth-order valence-corrected chi connectivity index (χ4v) is 1.74. The topological polar surface area (TPSA) is 63.8 Å². The largest absolute Gasteiger partial charge is 0.483 e. The monoisotopic (exact) mass is 286 g/mol. The number of rotatable bonds is 5. The smallest absolute Gasteiger partial charge is 0.277 e. The highest BCUT2D eigenvalue weighted by Crippen LogP contribution is 2.20. The molecule has 0 atom stereocenters. The predicted octanol–water partition coefficient (Wildman–Crippen LogP) is 2.82. The Morgan fingerprint density at radius 3 is 2.81 bits per heavy atom. The predicted molar refractivity (Wildman–Crippen MR) is 80.5 cm³/mol. The molecule has 5 nitrogen and oxygen atoms in total. The van der Waals surface area contributed by atoms with Gasteiger partial charge in [0.25, 0.3) is 5.91 Å². The molecule has 2 rings (SSSR count). The zero-order chi connectivity index (χ0) is 15.2. The fraction of sp³-hybridized carbons (Fsp3) is 0.250. The number of benzene rings is 1. The van der Waals surface area contributed by atoms with Crippen molar-refractivity contribution in [1.29, 1.82) is 0 Å². The highest BCUT2D eigenvalue weighted by Gasteiger charge is 2.06. The number of aryl methyl sites for hydroxylation is 1. The summed E-state index contributed by atoms with van der Waals surface area (Å²) in [5, 5.41) is 3.96. The molecule has 0 fully saturated rings. The van der Waals surface area contributed by atoms with Crippen molar-refractivity contribution in [3.05, 3.63) is 53.5 Å². The van der Waals surface area contributed by atoms with Crippen LogP contribution in [0, 0.1) is 13.8 Å². The molecule has 1 N–H and O–H groups in total. The van der Waals surface area contributed by atoms with E-state index >= 15 is 0 Å². The van der Waals surface area contributed by atoms with Crippen LogP contribution in [-0.2, 0) is 4.79 Å². The lowest BCUT2D eigenvalue weighted by molar-refractivity contribution is -0.123. The number of furan rings is 1. The molecule has 5 heteroatoms. The molecule has 0 aliphatic heterocycles. The molecule has 1 amide bonds. The van der Waals surface area contributed by atoms with Crippen LogP contribution in [-0.4, -0.2) is 18.2 Å². The number of carbonyl (C=O) groups is 1. The first-order valence-corrected chi connectivity index (χ1v) is 6.64. The van der Waals surface area contributed by atoms with Crippen molar-refractivity contribution in [2.75, 3.05) is 6.61 Å². The molecule has 0 unspecified atom stereocenters. The average Bonchev–Trinajstić information content (AvgIpc) is 3.00. The van der Waals surface area contributed by atoms with Gasteiger partial charge in [-0.25, -0.2) is 5.43 Å². The number of hydrazone groups is 1. The Kier molecular flexibility index (Phi) is 4.77. The number of hydrogen-bond donors (Lipinski definition) is 1. The third-order valence-corrected chi connectivity index (χ3v) is 3.14. The van der Waals surface area contributed by atoms with E-state index in [1.54, 1.807) is 25.3 Å². The zero-order valence-corrected chi connectivity index (χ0v) is 12.3. The van der Waals surface area contributed by atoms with Crippen molar-refractivity contribution in [3.63, 3.8) is 0 Å². The Labute approximate surface area is 123 Å². The lowest BCUT2D eigenvalue weighted by Crippen LogP contribution is -2.25. The fourth-order valence-electron chi connectivity index (χ4n) is 1.74. The summed E-state index contributed by atoms with van der Waals surface area (Å²) in [6.45, 7) is 5.63. The van der Waals surface area contributed by atoms with Gasteiger partial charge in [0.2, 0.25) is 0 Å². The third-order valence-electron chi connectivity index (χ3n) is 3.14. The van der Waals surface area contributed by atoms with Gasteiger partial charge < -0.3 is 9.15 Å². The summed E-state index contributed by atoms with van der Waals surface area (Å²) >= 11 is 0. The van der Waals surface area contributed by atoms with Crippen molar-refractivity contribution in [3.8, 4) is 5.75 Å². The van der Waals surface area contributed by atoms with Gasteiger partial charge in [-0.1, -0.05) is 12.1 Å². The van der Waals surface area contributed by atoms with Crippen molar-refractivity contribution in [1.82, 2.24) is 5.43 Å². The van der Waals surface area contributed by atoms with Crippen LogP contribution in [0.4, 0.5) is 0 Å². The normalized spacial score (nSPS) is 11.3. The summed E-state index contributed by atoms with van der Waals surface area (Å²) in [4.78, 5) is 11.7. The summed E-state index contributed by atoms with van der Waals surface area (Å²) in [5.41, 5.74) is 5.19. The molecule has 0 aliphatic carbocycles. The maximum Gasteiger partial charge on any atom is 0.277 e. The zero-order valence-electron chi connectivity index (χ0n) is 12.3. The Hall–Kier alpha value is -2.56. The maximum atomic E-state index is 11.7. The van der Waals surface area contributed by atoms with Crippen LogP contribution >= 0.6 is 0 Å². The number of carbonyl (C=O) groups excluding carboxylic acids is 1.